The Bertz CT molecular complexity index is 1370. The Hall–Kier alpha value is -3.71. The topological polar surface area (TPSA) is 181 Å². The Morgan fingerprint density at radius 3 is 1.98 bits per heavy atom. The van der Waals surface area contributed by atoms with Crippen LogP contribution in [0.3, 0.4) is 0 Å². The van der Waals surface area contributed by atoms with Gasteiger partial charge in [0, 0.05) is 19.5 Å². The summed E-state index contributed by atoms with van der Waals surface area (Å²) in [5.41, 5.74) is -1.31. The Labute approximate surface area is 329 Å². The number of ether oxygens (including phenoxy) is 2. The molecule has 0 spiro atoms. The molecule has 2 rings (SSSR count). The van der Waals surface area contributed by atoms with Gasteiger partial charge in [-0.05, 0) is 77.0 Å². The standard InChI is InChI=1S/C41H71N5O9/c1-14-16-17-20-30-41(11,12)40(53)44-31(24(5)6)36(49)45(13)32(25(7)8)39(52)55-33(26(9)15-2)37(50)46-21-18-19-29(46)35(48)43-28(22-23(3)4)34(47)42-27(10)38(51)54-30/h23-33H,14-22H2,1-13H3,(H,42,47)(H,43,48)(H,44,53)/t26-,27-,28-,29-,30-,31-,32-,33-/m0/s1. The van der Waals surface area contributed by atoms with Crippen molar-refractivity contribution in [2.45, 2.75) is 177 Å². The highest BCUT2D eigenvalue weighted by Gasteiger charge is 2.46. The summed E-state index contributed by atoms with van der Waals surface area (Å²) in [5, 5.41) is 8.44. The van der Waals surface area contributed by atoms with Gasteiger partial charge in [-0.3, -0.25) is 24.0 Å². The van der Waals surface area contributed by atoms with Gasteiger partial charge in [0.2, 0.25) is 23.6 Å². The van der Waals surface area contributed by atoms with E-state index >= 15 is 0 Å². The molecule has 0 radical (unpaired) electrons. The molecule has 2 heterocycles. The van der Waals surface area contributed by atoms with E-state index in [2.05, 4.69) is 16.0 Å². The predicted octanol–water partition coefficient (Wildman–Crippen LogP) is 4.13. The van der Waals surface area contributed by atoms with Crippen LogP contribution in [-0.2, 0) is 43.0 Å². The molecule has 0 aliphatic carbocycles. The molecule has 55 heavy (non-hydrogen) atoms. The second kappa shape index (κ2) is 21.0. The minimum atomic E-state index is -1.31. The molecule has 2 aliphatic rings. The molecule has 0 aromatic rings. The number of unbranched alkanes of at least 4 members (excludes halogenated alkanes) is 2. The molecule has 2 saturated heterocycles. The highest BCUT2D eigenvalue weighted by atomic mass is 16.6. The number of likely N-dealkylation sites (N-methyl/N-ethyl adjacent to an activating group) is 1. The number of nitrogens with zero attached hydrogens (tertiary/aromatic N) is 2. The monoisotopic (exact) mass is 778 g/mol. The minimum absolute atomic E-state index is 0.0109. The van der Waals surface area contributed by atoms with Gasteiger partial charge in [0.1, 0.15) is 36.3 Å². The number of nitrogens with one attached hydrogen (secondary N) is 3. The summed E-state index contributed by atoms with van der Waals surface area (Å²) >= 11 is 0. The van der Waals surface area contributed by atoms with E-state index in [0.29, 0.717) is 32.1 Å². The molecule has 5 amide bonds. The lowest BCUT2D eigenvalue weighted by molar-refractivity contribution is -0.172. The summed E-state index contributed by atoms with van der Waals surface area (Å²) in [4.78, 5) is 101. The summed E-state index contributed by atoms with van der Waals surface area (Å²) < 4.78 is 12.0. The molecule has 0 aromatic carbocycles. The molecule has 0 saturated carbocycles. The van der Waals surface area contributed by atoms with Gasteiger partial charge in [-0.2, -0.15) is 0 Å². The lowest BCUT2D eigenvalue weighted by atomic mass is 9.82. The van der Waals surface area contributed by atoms with E-state index < -0.39 is 107 Å². The SMILES string of the molecule is CCCCC[C@@H]1OC(=O)[C@H](C)NC(=O)[C@H](CC(C)C)NC(=O)[C@@H]2CCCN2C(=O)[C@H]([C@@H](C)CC)OC(=O)[C@H](C(C)C)N(C)C(=O)[C@H](C(C)C)NC(=O)C1(C)C. The molecular formula is C41H71N5O9. The third kappa shape index (κ3) is 12.4. The number of hydrogen-bond acceptors (Lipinski definition) is 9. The first-order chi connectivity index (χ1) is 25.6. The van der Waals surface area contributed by atoms with Crippen LogP contribution in [0, 0.1) is 29.1 Å². The second-order valence-corrected chi connectivity index (χ2v) is 17.3. The van der Waals surface area contributed by atoms with Gasteiger partial charge in [0.15, 0.2) is 6.10 Å². The molecule has 14 heteroatoms. The van der Waals surface area contributed by atoms with E-state index in [1.807, 2.05) is 27.7 Å². The summed E-state index contributed by atoms with van der Waals surface area (Å²) in [7, 11) is 1.49. The number of hydrogen-bond donors (Lipinski definition) is 3. The first-order valence-corrected chi connectivity index (χ1v) is 20.5. The number of carbonyl (C=O) groups is 7. The Morgan fingerprint density at radius 2 is 1.44 bits per heavy atom. The van der Waals surface area contributed by atoms with E-state index in [9.17, 15) is 33.6 Å². The zero-order chi connectivity index (χ0) is 41.9. The summed E-state index contributed by atoms with van der Waals surface area (Å²) in [6, 6.07) is -5.20. The van der Waals surface area contributed by atoms with Gasteiger partial charge in [-0.1, -0.05) is 75.2 Å². The van der Waals surface area contributed by atoms with Gasteiger partial charge in [-0.15, -0.1) is 0 Å². The van der Waals surface area contributed by atoms with Crippen molar-refractivity contribution in [2.24, 2.45) is 29.1 Å². The van der Waals surface area contributed by atoms with Crippen molar-refractivity contribution in [1.82, 2.24) is 25.8 Å². The second-order valence-electron chi connectivity index (χ2n) is 17.3. The Kier molecular flexibility index (Phi) is 18.1. The van der Waals surface area contributed by atoms with E-state index in [0.717, 1.165) is 12.8 Å². The average molecular weight is 778 g/mol. The predicted molar refractivity (Wildman–Crippen MR) is 209 cm³/mol. The van der Waals surface area contributed by atoms with Crippen molar-refractivity contribution >= 4 is 41.5 Å². The number of amides is 5. The van der Waals surface area contributed by atoms with Crippen molar-refractivity contribution in [3.05, 3.63) is 0 Å². The van der Waals surface area contributed by atoms with Crippen LogP contribution < -0.4 is 16.0 Å². The van der Waals surface area contributed by atoms with Crippen molar-refractivity contribution in [1.29, 1.82) is 0 Å². The Balaban J connectivity index is 2.72. The zero-order valence-corrected chi connectivity index (χ0v) is 35.8. The maximum atomic E-state index is 14.2. The molecule has 8 atom stereocenters. The van der Waals surface area contributed by atoms with Crippen LogP contribution in [0.15, 0.2) is 0 Å². The van der Waals surface area contributed by atoms with E-state index in [-0.39, 0.29) is 18.9 Å². The normalized spacial score (nSPS) is 28.9. The van der Waals surface area contributed by atoms with Gasteiger partial charge in [-0.25, -0.2) is 9.59 Å². The van der Waals surface area contributed by atoms with Crippen molar-refractivity contribution < 1.29 is 43.0 Å². The molecule has 0 bridgehead atoms. The summed E-state index contributed by atoms with van der Waals surface area (Å²) in [6.45, 7) is 21.7. The number of rotatable bonds is 10. The first-order valence-electron chi connectivity index (χ1n) is 20.5. The molecule has 14 nitrogen and oxygen atoms in total. The highest BCUT2D eigenvalue weighted by molar-refractivity contribution is 5.96. The summed E-state index contributed by atoms with van der Waals surface area (Å²) in [6.07, 6.45) is 2.24. The van der Waals surface area contributed by atoms with Crippen LogP contribution in [0.25, 0.3) is 0 Å². The molecular weight excluding hydrogens is 706 g/mol. The van der Waals surface area contributed by atoms with Gasteiger partial charge >= 0.3 is 11.9 Å². The van der Waals surface area contributed by atoms with Crippen molar-refractivity contribution in [2.75, 3.05) is 13.6 Å². The fourth-order valence-corrected chi connectivity index (χ4v) is 7.24. The van der Waals surface area contributed by atoms with E-state index in [1.54, 1.807) is 48.5 Å². The van der Waals surface area contributed by atoms with Gasteiger partial charge in [0.05, 0.1) is 5.41 Å². The zero-order valence-electron chi connectivity index (χ0n) is 35.8. The first kappa shape index (κ1) is 47.4. The highest BCUT2D eigenvalue weighted by Crippen LogP contribution is 2.30. The maximum Gasteiger partial charge on any atom is 0.329 e. The minimum Gasteiger partial charge on any atom is -0.460 e. The maximum absolute atomic E-state index is 14.2. The number of carbonyl (C=O) groups excluding carboxylic acids is 7. The van der Waals surface area contributed by atoms with E-state index in [4.69, 9.17) is 9.47 Å². The quantitative estimate of drug-likeness (QED) is 0.217. The fourth-order valence-electron chi connectivity index (χ4n) is 7.24. The van der Waals surface area contributed by atoms with Crippen LogP contribution >= 0.6 is 0 Å². The number of cyclic esters (lactones) is 2. The fraction of sp³-hybridized carbons (Fsp3) is 0.829. The van der Waals surface area contributed by atoms with Crippen molar-refractivity contribution in [3.8, 4) is 0 Å². The molecule has 314 valence electrons. The Morgan fingerprint density at radius 1 is 0.800 bits per heavy atom. The third-order valence-corrected chi connectivity index (χ3v) is 11.1. The van der Waals surface area contributed by atoms with E-state index in [1.165, 1.54) is 23.8 Å². The third-order valence-electron chi connectivity index (χ3n) is 11.1. The lowest BCUT2D eigenvalue weighted by Gasteiger charge is -2.38. The number of esters is 2. The number of fused-ring (bicyclic) bond motifs is 1. The van der Waals surface area contributed by atoms with Crippen molar-refractivity contribution in [3.63, 3.8) is 0 Å². The molecule has 2 aliphatic heterocycles. The molecule has 3 N–H and O–H groups in total. The van der Waals surface area contributed by atoms with Crippen LogP contribution in [0.4, 0.5) is 0 Å². The van der Waals surface area contributed by atoms with Gasteiger partial charge in [0.25, 0.3) is 5.91 Å². The van der Waals surface area contributed by atoms with Gasteiger partial charge < -0.3 is 35.2 Å². The van der Waals surface area contributed by atoms with Crippen LogP contribution in [0.2, 0.25) is 0 Å². The molecule has 0 unspecified atom stereocenters. The average Bonchev–Trinajstić information content (AvgIpc) is 3.60. The summed E-state index contributed by atoms with van der Waals surface area (Å²) in [5.74, 6) is -5.45. The molecule has 0 aromatic heterocycles. The largest absolute Gasteiger partial charge is 0.460 e. The lowest BCUT2D eigenvalue weighted by Crippen LogP contribution is -2.60. The van der Waals surface area contributed by atoms with Crippen LogP contribution in [0.1, 0.15) is 134 Å². The smallest absolute Gasteiger partial charge is 0.329 e. The van der Waals surface area contributed by atoms with Crippen LogP contribution in [0.5, 0.6) is 0 Å². The molecule has 2 fully saturated rings. The van der Waals surface area contributed by atoms with Crippen LogP contribution in [-0.4, -0.2) is 107 Å².